The number of ether oxygens (including phenoxy) is 1. The maximum Gasteiger partial charge on any atom is 0.224 e. The molecule has 3 nitrogen and oxygen atoms in total. The highest BCUT2D eigenvalue weighted by molar-refractivity contribution is 9.10. The summed E-state index contributed by atoms with van der Waals surface area (Å²) >= 11 is 3.57. The van der Waals surface area contributed by atoms with Gasteiger partial charge < -0.3 is 10.1 Å². The Bertz CT molecular complexity index is 741. The molecule has 4 heteroatoms. The van der Waals surface area contributed by atoms with Gasteiger partial charge in [0.05, 0.1) is 4.47 Å². The molecule has 0 fully saturated rings. The van der Waals surface area contributed by atoms with Crippen LogP contribution in [0.25, 0.3) is 0 Å². The number of nitrogens with one attached hydrogen (secondary N) is 1. The molecular weight excluding hydrogens is 366 g/mol. The van der Waals surface area contributed by atoms with E-state index in [0.29, 0.717) is 13.0 Å². The van der Waals surface area contributed by atoms with Crippen LogP contribution in [0.1, 0.15) is 42.5 Å². The van der Waals surface area contributed by atoms with Crippen LogP contribution in [-0.4, -0.2) is 5.91 Å². The molecule has 128 valence electrons. The van der Waals surface area contributed by atoms with Gasteiger partial charge in [-0.25, -0.2) is 0 Å². The minimum Gasteiger partial charge on any atom is -0.488 e. The van der Waals surface area contributed by atoms with Crippen molar-refractivity contribution in [3.05, 3.63) is 57.1 Å². The number of hydrogen-bond donors (Lipinski definition) is 1. The fraction of sp³-hybridized carbons (Fsp3) is 0.350. The molecule has 2 rings (SSSR count). The van der Waals surface area contributed by atoms with Crippen LogP contribution in [0.3, 0.4) is 0 Å². The lowest BCUT2D eigenvalue weighted by Crippen LogP contribution is -2.13. The van der Waals surface area contributed by atoms with Crippen LogP contribution in [0.2, 0.25) is 0 Å². The van der Waals surface area contributed by atoms with Gasteiger partial charge in [0.2, 0.25) is 5.91 Å². The Labute approximate surface area is 152 Å². The number of amides is 1. The molecule has 0 aliphatic heterocycles. The minimum atomic E-state index is 0.0110. The maximum absolute atomic E-state index is 11.8. The highest BCUT2D eigenvalue weighted by atomic mass is 79.9. The van der Waals surface area contributed by atoms with E-state index in [1.807, 2.05) is 25.1 Å². The van der Waals surface area contributed by atoms with Gasteiger partial charge in [0, 0.05) is 17.7 Å². The zero-order valence-electron chi connectivity index (χ0n) is 14.7. The molecular formula is C20H24BrNO2. The lowest BCUT2D eigenvalue weighted by molar-refractivity contribution is -0.115. The van der Waals surface area contributed by atoms with Gasteiger partial charge in [-0.2, -0.15) is 0 Å². The fourth-order valence-electron chi connectivity index (χ4n) is 2.51. The van der Waals surface area contributed by atoms with Crippen molar-refractivity contribution >= 4 is 27.5 Å². The predicted molar refractivity (Wildman–Crippen MR) is 103 cm³/mol. The first-order valence-corrected chi connectivity index (χ1v) is 9.05. The van der Waals surface area contributed by atoms with E-state index in [0.717, 1.165) is 27.9 Å². The lowest BCUT2D eigenvalue weighted by Gasteiger charge is -2.17. The van der Waals surface area contributed by atoms with Crippen molar-refractivity contribution in [2.45, 2.75) is 47.1 Å². The number of halogens is 1. The molecule has 0 radical (unpaired) electrons. The van der Waals surface area contributed by atoms with Crippen molar-refractivity contribution in [3.63, 3.8) is 0 Å². The Kier molecular flexibility index (Phi) is 6.44. The average Bonchev–Trinajstić information content (AvgIpc) is 2.57. The van der Waals surface area contributed by atoms with Gasteiger partial charge in [-0.15, -0.1) is 0 Å². The normalized spacial score (nSPS) is 10.5. The summed E-state index contributed by atoms with van der Waals surface area (Å²) < 4.78 is 7.00. The third-order valence-corrected chi connectivity index (χ3v) is 4.79. The van der Waals surface area contributed by atoms with Crippen molar-refractivity contribution in [1.82, 2.24) is 0 Å². The summed E-state index contributed by atoms with van der Waals surface area (Å²) in [5, 5.41) is 2.98. The number of anilines is 1. The summed E-state index contributed by atoms with van der Waals surface area (Å²) in [7, 11) is 0. The summed E-state index contributed by atoms with van der Waals surface area (Å²) in [6.07, 6.45) is 1.35. The van der Waals surface area contributed by atoms with E-state index in [-0.39, 0.29) is 5.91 Å². The van der Waals surface area contributed by atoms with Gasteiger partial charge in [0.15, 0.2) is 0 Å². The van der Waals surface area contributed by atoms with Crippen molar-refractivity contribution in [2.75, 3.05) is 5.32 Å². The molecule has 0 heterocycles. The Morgan fingerprint density at radius 3 is 2.54 bits per heavy atom. The van der Waals surface area contributed by atoms with Crippen LogP contribution in [0, 0.1) is 13.8 Å². The lowest BCUT2D eigenvalue weighted by atomic mass is 10.0. The molecule has 1 amide bonds. The first-order chi connectivity index (χ1) is 11.5. The third-order valence-electron chi connectivity index (χ3n) is 4.17. The first kappa shape index (κ1) is 18.5. The molecule has 0 spiro atoms. The van der Waals surface area contributed by atoms with Gasteiger partial charge in [-0.1, -0.05) is 26.0 Å². The molecule has 0 unspecified atom stereocenters. The summed E-state index contributed by atoms with van der Waals surface area (Å²) in [6.45, 7) is 8.53. The highest BCUT2D eigenvalue weighted by Crippen LogP contribution is 2.30. The van der Waals surface area contributed by atoms with E-state index < -0.39 is 0 Å². The number of aryl methyl sites for hydroxylation is 3. The Morgan fingerprint density at radius 2 is 1.88 bits per heavy atom. The van der Waals surface area contributed by atoms with E-state index in [9.17, 15) is 4.79 Å². The summed E-state index contributed by atoms with van der Waals surface area (Å²) in [5.74, 6) is 0.827. The predicted octanol–water partition coefficient (Wildman–Crippen LogP) is 5.56. The van der Waals surface area contributed by atoms with Gasteiger partial charge in [0.25, 0.3) is 0 Å². The summed E-state index contributed by atoms with van der Waals surface area (Å²) in [4.78, 5) is 11.8. The number of rotatable bonds is 6. The second-order valence-corrected chi connectivity index (χ2v) is 6.71. The van der Waals surface area contributed by atoms with E-state index in [1.165, 1.54) is 16.7 Å². The largest absolute Gasteiger partial charge is 0.488 e. The summed E-state index contributed by atoms with van der Waals surface area (Å²) in [5.41, 5.74) is 5.47. The fourth-order valence-corrected chi connectivity index (χ4v) is 3.08. The second kappa shape index (κ2) is 8.34. The van der Waals surface area contributed by atoms with Crippen LogP contribution in [0.15, 0.2) is 34.8 Å². The smallest absolute Gasteiger partial charge is 0.224 e. The standard InChI is InChI=1S/C20H24BrNO2/c1-5-15-8-7-9-18(22-20(23)6-2)16(15)12-24-19-11-14(4)13(3)10-17(19)21/h7-11H,5-6,12H2,1-4H3,(H,22,23). The third kappa shape index (κ3) is 4.38. The molecule has 0 atom stereocenters. The van der Waals surface area contributed by atoms with Gasteiger partial charge in [-0.05, 0) is 71.1 Å². The van der Waals surface area contributed by atoms with E-state index in [4.69, 9.17) is 4.74 Å². The quantitative estimate of drug-likeness (QED) is 0.702. The van der Waals surface area contributed by atoms with Crippen LogP contribution in [-0.2, 0) is 17.8 Å². The van der Waals surface area contributed by atoms with E-state index >= 15 is 0 Å². The first-order valence-electron chi connectivity index (χ1n) is 8.26. The van der Waals surface area contributed by atoms with Crippen LogP contribution in [0.5, 0.6) is 5.75 Å². The Morgan fingerprint density at radius 1 is 1.17 bits per heavy atom. The van der Waals surface area contributed by atoms with Gasteiger partial charge in [-0.3, -0.25) is 4.79 Å². The Hall–Kier alpha value is -1.81. The highest BCUT2D eigenvalue weighted by Gasteiger charge is 2.12. The number of hydrogen-bond acceptors (Lipinski definition) is 2. The monoisotopic (exact) mass is 389 g/mol. The van der Waals surface area contributed by atoms with Crippen molar-refractivity contribution in [1.29, 1.82) is 0 Å². The molecule has 0 aliphatic rings. The van der Waals surface area contributed by atoms with Crippen LogP contribution >= 0.6 is 15.9 Å². The summed E-state index contributed by atoms with van der Waals surface area (Å²) in [6, 6.07) is 10.1. The molecule has 0 aromatic heterocycles. The number of carbonyl (C=O) groups is 1. The number of carbonyl (C=O) groups excluding carboxylic acids is 1. The molecule has 0 saturated heterocycles. The molecule has 24 heavy (non-hydrogen) atoms. The topological polar surface area (TPSA) is 38.3 Å². The Balaban J connectivity index is 2.28. The molecule has 0 aliphatic carbocycles. The average molecular weight is 390 g/mol. The van der Waals surface area contributed by atoms with Crippen molar-refractivity contribution < 1.29 is 9.53 Å². The minimum absolute atomic E-state index is 0.0110. The van der Waals surface area contributed by atoms with E-state index in [1.54, 1.807) is 0 Å². The molecule has 2 aromatic carbocycles. The van der Waals surface area contributed by atoms with Gasteiger partial charge >= 0.3 is 0 Å². The second-order valence-electron chi connectivity index (χ2n) is 5.85. The SMILES string of the molecule is CCC(=O)Nc1cccc(CC)c1COc1cc(C)c(C)cc1Br. The number of benzene rings is 2. The van der Waals surface area contributed by atoms with Crippen molar-refractivity contribution in [2.24, 2.45) is 0 Å². The van der Waals surface area contributed by atoms with E-state index in [2.05, 4.69) is 54.2 Å². The zero-order valence-corrected chi connectivity index (χ0v) is 16.3. The van der Waals surface area contributed by atoms with Crippen LogP contribution < -0.4 is 10.1 Å². The molecule has 0 saturated carbocycles. The molecule has 1 N–H and O–H groups in total. The molecule has 2 aromatic rings. The van der Waals surface area contributed by atoms with Crippen LogP contribution in [0.4, 0.5) is 5.69 Å². The maximum atomic E-state index is 11.8. The molecule has 0 bridgehead atoms. The van der Waals surface area contributed by atoms with Gasteiger partial charge in [0.1, 0.15) is 12.4 Å². The van der Waals surface area contributed by atoms with Crippen molar-refractivity contribution in [3.8, 4) is 5.75 Å². The zero-order chi connectivity index (χ0) is 17.7.